The van der Waals surface area contributed by atoms with Crippen LogP contribution in [0.25, 0.3) is 0 Å². The van der Waals surface area contributed by atoms with E-state index in [0.29, 0.717) is 0 Å². The first-order valence-electron chi connectivity index (χ1n) is 5.31. The largest absolute Gasteiger partial charge is 0.398 e. The van der Waals surface area contributed by atoms with Crippen molar-refractivity contribution in [1.29, 1.82) is 0 Å². The molecule has 1 atom stereocenters. The molecule has 0 saturated heterocycles. The Balaban J connectivity index is 3.06. The summed E-state index contributed by atoms with van der Waals surface area (Å²) in [4.78, 5) is 0.119. The Bertz CT molecular complexity index is 500. The lowest BCUT2D eigenvalue weighted by Crippen LogP contribution is -2.36. The summed E-state index contributed by atoms with van der Waals surface area (Å²) in [5.74, 6) is 0.224. The summed E-state index contributed by atoms with van der Waals surface area (Å²) in [6.07, 6.45) is 0. The number of nitrogens with one attached hydrogen (secondary N) is 1. The van der Waals surface area contributed by atoms with Crippen molar-refractivity contribution in [2.24, 2.45) is 5.92 Å². The van der Waals surface area contributed by atoms with Crippen LogP contribution in [0.15, 0.2) is 27.6 Å². The SMILES string of the molecule is CC(C)C(C)NS(=O)(=O)c1ccc(Br)cc1N. The Morgan fingerprint density at radius 3 is 2.35 bits per heavy atom. The summed E-state index contributed by atoms with van der Waals surface area (Å²) in [5, 5.41) is 0. The average Bonchev–Trinajstić information content (AvgIpc) is 2.15. The number of nitrogens with two attached hydrogens (primary N) is 1. The number of halogens is 1. The monoisotopic (exact) mass is 320 g/mol. The molecule has 0 heterocycles. The van der Waals surface area contributed by atoms with E-state index in [2.05, 4.69) is 20.7 Å². The normalized spacial score (nSPS) is 13.9. The van der Waals surface area contributed by atoms with Crippen LogP contribution in [0.4, 0.5) is 5.69 Å². The van der Waals surface area contributed by atoms with E-state index in [-0.39, 0.29) is 22.5 Å². The maximum Gasteiger partial charge on any atom is 0.242 e. The summed E-state index contributed by atoms with van der Waals surface area (Å²) in [6.45, 7) is 5.74. The average molecular weight is 321 g/mol. The zero-order valence-corrected chi connectivity index (χ0v) is 12.5. The van der Waals surface area contributed by atoms with Crippen molar-refractivity contribution in [2.45, 2.75) is 31.7 Å². The Morgan fingerprint density at radius 1 is 1.29 bits per heavy atom. The highest BCUT2D eigenvalue weighted by molar-refractivity contribution is 9.10. The predicted molar refractivity (Wildman–Crippen MR) is 73.2 cm³/mol. The molecule has 1 rings (SSSR count). The zero-order chi connectivity index (χ0) is 13.2. The van der Waals surface area contributed by atoms with E-state index < -0.39 is 10.0 Å². The molecule has 1 aromatic carbocycles. The van der Waals surface area contributed by atoms with Crippen LogP contribution >= 0.6 is 15.9 Å². The van der Waals surface area contributed by atoms with Crippen molar-refractivity contribution in [3.8, 4) is 0 Å². The molecule has 4 nitrogen and oxygen atoms in total. The summed E-state index contributed by atoms with van der Waals surface area (Å²) >= 11 is 3.24. The lowest BCUT2D eigenvalue weighted by atomic mass is 10.1. The van der Waals surface area contributed by atoms with E-state index in [0.717, 1.165) is 4.47 Å². The third kappa shape index (κ3) is 3.69. The third-order valence-electron chi connectivity index (χ3n) is 2.60. The van der Waals surface area contributed by atoms with E-state index in [9.17, 15) is 8.42 Å². The molecule has 0 spiro atoms. The van der Waals surface area contributed by atoms with Crippen molar-refractivity contribution in [3.63, 3.8) is 0 Å². The number of benzene rings is 1. The fourth-order valence-corrected chi connectivity index (χ4v) is 3.09. The van der Waals surface area contributed by atoms with Crippen LogP contribution < -0.4 is 10.5 Å². The molecule has 0 radical (unpaired) electrons. The predicted octanol–water partition coefficient (Wildman–Crippen LogP) is 2.35. The van der Waals surface area contributed by atoms with Gasteiger partial charge in [-0.2, -0.15) is 0 Å². The molecule has 17 heavy (non-hydrogen) atoms. The van der Waals surface area contributed by atoms with Crippen LogP contribution in [-0.2, 0) is 10.0 Å². The van der Waals surface area contributed by atoms with Gasteiger partial charge >= 0.3 is 0 Å². The third-order valence-corrected chi connectivity index (χ3v) is 4.73. The first-order chi connectivity index (χ1) is 7.74. The molecule has 0 aromatic heterocycles. The summed E-state index contributed by atoms with van der Waals surface area (Å²) in [5.41, 5.74) is 5.95. The Hall–Kier alpha value is -0.590. The van der Waals surface area contributed by atoms with Crippen LogP contribution in [0.5, 0.6) is 0 Å². The lowest BCUT2D eigenvalue weighted by molar-refractivity contribution is 0.476. The van der Waals surface area contributed by atoms with Gasteiger partial charge in [0.05, 0.1) is 5.69 Å². The molecular weight excluding hydrogens is 304 g/mol. The zero-order valence-electron chi connectivity index (χ0n) is 10.1. The minimum absolute atomic E-state index is 0.119. The minimum atomic E-state index is -3.55. The lowest BCUT2D eigenvalue weighted by Gasteiger charge is -2.18. The van der Waals surface area contributed by atoms with E-state index in [4.69, 9.17) is 5.73 Å². The van der Waals surface area contributed by atoms with Crippen molar-refractivity contribution >= 4 is 31.6 Å². The molecule has 96 valence electrons. The van der Waals surface area contributed by atoms with Crippen LogP contribution in [0.1, 0.15) is 20.8 Å². The van der Waals surface area contributed by atoms with Gasteiger partial charge in [-0.05, 0) is 31.0 Å². The fourth-order valence-electron chi connectivity index (χ4n) is 1.21. The summed E-state index contributed by atoms with van der Waals surface area (Å²) in [6, 6.07) is 4.59. The molecule has 0 saturated carbocycles. The van der Waals surface area contributed by atoms with Crippen molar-refractivity contribution in [3.05, 3.63) is 22.7 Å². The number of anilines is 1. The van der Waals surface area contributed by atoms with E-state index in [1.165, 1.54) is 6.07 Å². The first kappa shape index (κ1) is 14.5. The molecule has 6 heteroatoms. The molecule has 1 aromatic rings. The van der Waals surface area contributed by atoms with E-state index in [1.807, 2.05) is 20.8 Å². The van der Waals surface area contributed by atoms with E-state index >= 15 is 0 Å². The van der Waals surface area contributed by atoms with Crippen LogP contribution in [-0.4, -0.2) is 14.5 Å². The molecule has 0 bridgehead atoms. The van der Waals surface area contributed by atoms with Crippen molar-refractivity contribution < 1.29 is 8.42 Å². The van der Waals surface area contributed by atoms with Crippen molar-refractivity contribution in [1.82, 2.24) is 4.72 Å². The van der Waals surface area contributed by atoms with Crippen molar-refractivity contribution in [2.75, 3.05) is 5.73 Å². The van der Waals surface area contributed by atoms with Gasteiger partial charge < -0.3 is 5.73 Å². The topological polar surface area (TPSA) is 72.2 Å². The highest BCUT2D eigenvalue weighted by atomic mass is 79.9. The molecule has 0 fully saturated rings. The van der Waals surface area contributed by atoms with Crippen LogP contribution in [0, 0.1) is 5.92 Å². The van der Waals surface area contributed by atoms with Gasteiger partial charge in [-0.25, -0.2) is 13.1 Å². The first-order valence-corrected chi connectivity index (χ1v) is 7.59. The van der Waals surface area contributed by atoms with Gasteiger partial charge in [0, 0.05) is 10.5 Å². The van der Waals surface area contributed by atoms with Crippen LogP contribution in [0.2, 0.25) is 0 Å². The highest BCUT2D eigenvalue weighted by Crippen LogP contribution is 2.23. The van der Waals surface area contributed by atoms with E-state index in [1.54, 1.807) is 12.1 Å². The molecule has 3 N–H and O–H groups in total. The van der Waals surface area contributed by atoms with Gasteiger partial charge in [0.15, 0.2) is 0 Å². The molecule has 0 aliphatic rings. The van der Waals surface area contributed by atoms with Gasteiger partial charge in [-0.15, -0.1) is 0 Å². The number of hydrogen-bond acceptors (Lipinski definition) is 3. The number of hydrogen-bond donors (Lipinski definition) is 2. The molecular formula is C11H17BrN2O2S. The highest BCUT2D eigenvalue weighted by Gasteiger charge is 2.21. The van der Waals surface area contributed by atoms with Gasteiger partial charge in [0.1, 0.15) is 4.90 Å². The van der Waals surface area contributed by atoms with Gasteiger partial charge in [-0.3, -0.25) is 0 Å². The fraction of sp³-hybridized carbons (Fsp3) is 0.455. The number of rotatable bonds is 4. The van der Waals surface area contributed by atoms with Crippen LogP contribution in [0.3, 0.4) is 0 Å². The summed E-state index contributed by atoms with van der Waals surface area (Å²) < 4.78 is 27.5. The second-order valence-electron chi connectivity index (χ2n) is 4.34. The Morgan fingerprint density at radius 2 is 1.88 bits per heavy atom. The molecule has 0 amide bonds. The van der Waals surface area contributed by atoms with Gasteiger partial charge in [-0.1, -0.05) is 29.8 Å². The second-order valence-corrected chi connectivity index (χ2v) is 6.93. The van der Waals surface area contributed by atoms with Gasteiger partial charge in [0.2, 0.25) is 10.0 Å². The minimum Gasteiger partial charge on any atom is -0.398 e. The second kappa shape index (κ2) is 5.37. The summed E-state index contributed by atoms with van der Waals surface area (Å²) in [7, 11) is -3.55. The molecule has 1 unspecified atom stereocenters. The van der Waals surface area contributed by atoms with Gasteiger partial charge in [0.25, 0.3) is 0 Å². The Labute approximate surface area is 111 Å². The molecule has 0 aliphatic carbocycles. The number of nitrogen functional groups attached to an aromatic ring is 1. The number of sulfonamides is 1. The maximum absolute atomic E-state index is 12.1. The Kier molecular flexibility index (Phi) is 4.57. The maximum atomic E-state index is 12.1. The molecule has 0 aliphatic heterocycles. The quantitative estimate of drug-likeness (QED) is 0.836. The standard InChI is InChI=1S/C11H17BrN2O2S/c1-7(2)8(3)14-17(15,16)11-5-4-9(12)6-10(11)13/h4-8,14H,13H2,1-3H3. The smallest absolute Gasteiger partial charge is 0.242 e.